The van der Waals surface area contributed by atoms with Crippen molar-refractivity contribution in [1.29, 1.82) is 0 Å². The van der Waals surface area contributed by atoms with Crippen LogP contribution in [0.3, 0.4) is 0 Å². The Hall–Kier alpha value is -1.59. The molecule has 0 aliphatic heterocycles. The quantitative estimate of drug-likeness (QED) is 0.635. The zero-order chi connectivity index (χ0) is 12.7. The van der Waals surface area contributed by atoms with Crippen LogP contribution in [-0.4, -0.2) is 35.6 Å². The van der Waals surface area contributed by atoms with Gasteiger partial charge in [-0.05, 0) is 13.3 Å². The zero-order valence-corrected chi connectivity index (χ0v) is 9.65. The first-order valence-electron chi connectivity index (χ1n) is 5.05. The SMILES string of the molecule is CCOC(=O)[C@@H](C)C[C@H](NC(C)=O)C(=O)O. The number of carboxylic acids is 1. The minimum absolute atomic E-state index is 0.0216. The van der Waals surface area contributed by atoms with Gasteiger partial charge in [-0.2, -0.15) is 0 Å². The van der Waals surface area contributed by atoms with E-state index in [2.05, 4.69) is 5.32 Å². The predicted octanol–water partition coefficient (Wildman–Crippen LogP) is 0.165. The lowest BCUT2D eigenvalue weighted by molar-refractivity contribution is -0.149. The first-order chi connectivity index (χ1) is 7.38. The van der Waals surface area contributed by atoms with Crippen LogP contribution in [0.1, 0.15) is 27.2 Å². The molecule has 2 atom stereocenters. The highest BCUT2D eigenvalue weighted by Gasteiger charge is 2.25. The van der Waals surface area contributed by atoms with Crippen LogP contribution in [0.4, 0.5) is 0 Å². The topological polar surface area (TPSA) is 92.7 Å². The number of hydrogen-bond donors (Lipinski definition) is 2. The highest BCUT2D eigenvalue weighted by atomic mass is 16.5. The van der Waals surface area contributed by atoms with Crippen molar-refractivity contribution in [2.75, 3.05) is 6.61 Å². The van der Waals surface area contributed by atoms with Gasteiger partial charge in [0.1, 0.15) is 6.04 Å². The van der Waals surface area contributed by atoms with Crippen LogP contribution in [-0.2, 0) is 19.1 Å². The summed E-state index contributed by atoms with van der Waals surface area (Å²) in [6, 6.07) is -1.06. The third-order valence-electron chi connectivity index (χ3n) is 1.95. The van der Waals surface area contributed by atoms with Crippen LogP contribution in [0, 0.1) is 5.92 Å². The van der Waals surface area contributed by atoms with E-state index in [1.165, 1.54) is 6.92 Å². The van der Waals surface area contributed by atoms with Gasteiger partial charge in [-0.1, -0.05) is 6.92 Å². The number of amides is 1. The van der Waals surface area contributed by atoms with E-state index < -0.39 is 29.8 Å². The lowest BCUT2D eigenvalue weighted by Gasteiger charge is -2.16. The summed E-state index contributed by atoms with van der Waals surface area (Å²) in [6.07, 6.45) is 0.0216. The molecule has 0 aromatic rings. The molecule has 16 heavy (non-hydrogen) atoms. The van der Waals surface area contributed by atoms with E-state index in [1.54, 1.807) is 13.8 Å². The zero-order valence-electron chi connectivity index (χ0n) is 9.65. The maximum absolute atomic E-state index is 11.3. The molecular formula is C10H17NO5. The smallest absolute Gasteiger partial charge is 0.326 e. The van der Waals surface area contributed by atoms with E-state index in [-0.39, 0.29) is 13.0 Å². The van der Waals surface area contributed by atoms with Gasteiger partial charge in [0.15, 0.2) is 0 Å². The summed E-state index contributed by atoms with van der Waals surface area (Å²) in [4.78, 5) is 32.8. The number of carbonyl (C=O) groups excluding carboxylic acids is 2. The molecule has 2 N–H and O–H groups in total. The Morgan fingerprint density at radius 1 is 1.38 bits per heavy atom. The Labute approximate surface area is 94.0 Å². The molecule has 92 valence electrons. The van der Waals surface area contributed by atoms with E-state index in [4.69, 9.17) is 9.84 Å². The van der Waals surface area contributed by atoms with Crippen molar-refractivity contribution in [2.24, 2.45) is 5.92 Å². The Balaban J connectivity index is 4.33. The van der Waals surface area contributed by atoms with Gasteiger partial charge in [0.2, 0.25) is 5.91 Å². The molecule has 1 amide bonds. The van der Waals surface area contributed by atoms with Crippen LogP contribution < -0.4 is 5.32 Å². The van der Waals surface area contributed by atoms with Gasteiger partial charge < -0.3 is 15.2 Å². The Morgan fingerprint density at radius 3 is 2.31 bits per heavy atom. The van der Waals surface area contributed by atoms with Gasteiger partial charge in [0.05, 0.1) is 12.5 Å². The highest BCUT2D eigenvalue weighted by Crippen LogP contribution is 2.08. The number of aliphatic carboxylic acids is 1. The third-order valence-corrected chi connectivity index (χ3v) is 1.95. The molecule has 0 aliphatic rings. The summed E-state index contributed by atoms with van der Waals surface area (Å²) in [5, 5.41) is 11.1. The Kier molecular flexibility index (Phi) is 6.14. The third kappa shape index (κ3) is 5.33. The molecule has 6 heteroatoms. The van der Waals surface area contributed by atoms with E-state index in [1.807, 2.05) is 0 Å². The molecule has 0 heterocycles. The molecule has 0 aliphatic carbocycles. The van der Waals surface area contributed by atoms with Crippen molar-refractivity contribution in [1.82, 2.24) is 5.32 Å². The first kappa shape index (κ1) is 14.4. The van der Waals surface area contributed by atoms with Crippen LogP contribution in [0.25, 0.3) is 0 Å². The number of carboxylic acid groups (broad SMARTS) is 1. The van der Waals surface area contributed by atoms with Crippen molar-refractivity contribution in [2.45, 2.75) is 33.2 Å². The lowest BCUT2D eigenvalue weighted by atomic mass is 10.0. The maximum Gasteiger partial charge on any atom is 0.326 e. The number of esters is 1. The van der Waals surface area contributed by atoms with Gasteiger partial charge in [-0.25, -0.2) is 4.79 Å². The molecule has 0 aromatic heterocycles. The van der Waals surface area contributed by atoms with Gasteiger partial charge in [-0.15, -0.1) is 0 Å². The fourth-order valence-corrected chi connectivity index (χ4v) is 1.20. The number of rotatable bonds is 6. The van der Waals surface area contributed by atoms with E-state index in [0.717, 1.165) is 0 Å². The summed E-state index contributed by atoms with van der Waals surface area (Å²) in [5.41, 5.74) is 0. The second-order valence-electron chi connectivity index (χ2n) is 3.48. The summed E-state index contributed by atoms with van der Waals surface area (Å²) in [7, 11) is 0. The molecular weight excluding hydrogens is 214 g/mol. The van der Waals surface area contributed by atoms with Crippen LogP contribution in [0.5, 0.6) is 0 Å². The fraction of sp³-hybridized carbons (Fsp3) is 0.700. The van der Waals surface area contributed by atoms with Crippen molar-refractivity contribution in [3.8, 4) is 0 Å². The fourth-order valence-electron chi connectivity index (χ4n) is 1.20. The standard InChI is InChI=1S/C10H17NO5/c1-4-16-10(15)6(2)5-8(9(13)14)11-7(3)12/h6,8H,4-5H2,1-3H3,(H,11,12)(H,13,14)/t6-,8-/m0/s1. The minimum Gasteiger partial charge on any atom is -0.480 e. The van der Waals surface area contributed by atoms with Gasteiger partial charge in [-0.3, -0.25) is 9.59 Å². The van der Waals surface area contributed by atoms with E-state index in [9.17, 15) is 14.4 Å². The molecule has 0 fully saturated rings. The maximum atomic E-state index is 11.3. The average molecular weight is 231 g/mol. The monoisotopic (exact) mass is 231 g/mol. The molecule has 0 radical (unpaired) electrons. The predicted molar refractivity (Wildman–Crippen MR) is 55.7 cm³/mol. The van der Waals surface area contributed by atoms with Crippen LogP contribution in [0.2, 0.25) is 0 Å². The normalized spacial score (nSPS) is 13.7. The van der Waals surface area contributed by atoms with Crippen LogP contribution >= 0.6 is 0 Å². The van der Waals surface area contributed by atoms with Crippen molar-refractivity contribution >= 4 is 17.8 Å². The number of nitrogens with one attached hydrogen (secondary N) is 1. The van der Waals surface area contributed by atoms with Crippen molar-refractivity contribution in [3.63, 3.8) is 0 Å². The van der Waals surface area contributed by atoms with Crippen LogP contribution in [0.15, 0.2) is 0 Å². The minimum atomic E-state index is -1.16. The Morgan fingerprint density at radius 2 is 1.94 bits per heavy atom. The number of carbonyl (C=O) groups is 3. The Bertz CT molecular complexity index is 276. The lowest BCUT2D eigenvalue weighted by Crippen LogP contribution is -2.41. The molecule has 6 nitrogen and oxygen atoms in total. The van der Waals surface area contributed by atoms with Gasteiger partial charge >= 0.3 is 11.9 Å². The van der Waals surface area contributed by atoms with Crippen molar-refractivity contribution in [3.05, 3.63) is 0 Å². The molecule has 0 bridgehead atoms. The van der Waals surface area contributed by atoms with Gasteiger partial charge in [0.25, 0.3) is 0 Å². The first-order valence-corrected chi connectivity index (χ1v) is 5.05. The summed E-state index contributed by atoms with van der Waals surface area (Å²) >= 11 is 0. The number of ether oxygens (including phenoxy) is 1. The molecule has 0 spiro atoms. The van der Waals surface area contributed by atoms with Crippen molar-refractivity contribution < 1.29 is 24.2 Å². The average Bonchev–Trinajstić information content (AvgIpc) is 2.16. The van der Waals surface area contributed by atoms with E-state index in [0.29, 0.717) is 0 Å². The summed E-state index contributed by atoms with van der Waals surface area (Å²) in [6.45, 7) is 4.72. The van der Waals surface area contributed by atoms with Gasteiger partial charge in [0, 0.05) is 6.92 Å². The molecule has 0 saturated heterocycles. The largest absolute Gasteiger partial charge is 0.480 e. The molecule has 0 rings (SSSR count). The summed E-state index contributed by atoms with van der Waals surface area (Å²) < 4.78 is 4.74. The molecule has 0 unspecified atom stereocenters. The summed E-state index contributed by atoms with van der Waals surface area (Å²) in [5.74, 6) is -2.62. The highest BCUT2D eigenvalue weighted by molar-refractivity contribution is 5.83. The molecule has 0 aromatic carbocycles. The second kappa shape index (κ2) is 6.81. The van der Waals surface area contributed by atoms with E-state index >= 15 is 0 Å². The number of hydrogen-bond acceptors (Lipinski definition) is 4. The molecule has 0 saturated carbocycles. The second-order valence-corrected chi connectivity index (χ2v) is 3.48.